The minimum Gasteiger partial charge on any atom is -0.473 e. The molecule has 26 heavy (non-hydrogen) atoms. The summed E-state index contributed by atoms with van der Waals surface area (Å²) in [7, 11) is 4.31. The lowest BCUT2D eigenvalue weighted by Crippen LogP contribution is -2.35. The Balaban J connectivity index is 2.26. The first-order chi connectivity index (χ1) is 12.4. The van der Waals surface area contributed by atoms with Gasteiger partial charge in [0.2, 0.25) is 5.75 Å². The standard InChI is InChI=1S/C16H19BFN2O6/c1-24-15(21)10-26-16-13(18)7-12(8-14(16)20(22)23)6-11-4-3-5-19(9-11)17-25-2/h6-8H,3-5,9-10H2,1-2H3. The van der Waals surface area contributed by atoms with E-state index in [9.17, 15) is 19.3 Å². The summed E-state index contributed by atoms with van der Waals surface area (Å²) in [5.74, 6) is -2.26. The fraction of sp³-hybridized carbons (Fsp3) is 0.438. The van der Waals surface area contributed by atoms with Gasteiger partial charge in [-0.3, -0.25) is 10.1 Å². The second-order valence-electron chi connectivity index (χ2n) is 5.69. The van der Waals surface area contributed by atoms with Gasteiger partial charge in [-0.05, 0) is 31.0 Å². The highest BCUT2D eigenvalue weighted by Gasteiger charge is 2.23. The van der Waals surface area contributed by atoms with Crippen LogP contribution in [0, 0.1) is 15.9 Å². The van der Waals surface area contributed by atoms with Gasteiger partial charge in [-0.2, -0.15) is 0 Å². The summed E-state index contributed by atoms with van der Waals surface area (Å²) in [6.45, 7) is 0.834. The highest BCUT2D eigenvalue weighted by Crippen LogP contribution is 2.33. The van der Waals surface area contributed by atoms with E-state index in [2.05, 4.69) is 4.74 Å². The summed E-state index contributed by atoms with van der Waals surface area (Å²) in [6.07, 6.45) is 3.43. The number of rotatable bonds is 7. The van der Waals surface area contributed by atoms with Gasteiger partial charge in [0.05, 0.1) is 12.0 Å². The van der Waals surface area contributed by atoms with Crippen LogP contribution in [0.2, 0.25) is 0 Å². The van der Waals surface area contributed by atoms with Gasteiger partial charge in [-0.1, -0.05) is 11.6 Å². The van der Waals surface area contributed by atoms with Crippen molar-refractivity contribution < 1.29 is 28.2 Å². The number of methoxy groups -OCH3 is 1. The Labute approximate surface area is 151 Å². The van der Waals surface area contributed by atoms with Crippen LogP contribution in [0.3, 0.4) is 0 Å². The van der Waals surface area contributed by atoms with Crippen LogP contribution in [0.25, 0.3) is 6.08 Å². The molecule has 8 nitrogen and oxygen atoms in total. The van der Waals surface area contributed by atoms with Crippen LogP contribution in [0.15, 0.2) is 17.7 Å². The largest absolute Gasteiger partial charge is 0.473 e. The highest BCUT2D eigenvalue weighted by atomic mass is 19.1. The smallest absolute Gasteiger partial charge is 0.398 e. The van der Waals surface area contributed by atoms with Gasteiger partial charge in [0, 0.05) is 19.7 Å². The summed E-state index contributed by atoms with van der Waals surface area (Å²) in [5.41, 5.74) is 0.812. The molecular formula is C16H19BFN2O6. The Bertz CT molecular complexity index is 710. The second kappa shape index (κ2) is 9.30. The van der Waals surface area contributed by atoms with Crippen LogP contribution in [0.5, 0.6) is 5.75 Å². The number of halogens is 1. The summed E-state index contributed by atoms with van der Waals surface area (Å²) in [4.78, 5) is 23.6. The summed E-state index contributed by atoms with van der Waals surface area (Å²) in [6, 6.07) is 2.37. The third kappa shape index (κ3) is 5.27. The van der Waals surface area contributed by atoms with Gasteiger partial charge in [-0.15, -0.1) is 0 Å². The van der Waals surface area contributed by atoms with E-state index in [1.54, 1.807) is 20.8 Å². The summed E-state index contributed by atoms with van der Waals surface area (Å²) >= 11 is 0. The Morgan fingerprint density at radius 2 is 2.23 bits per heavy atom. The minimum atomic E-state index is -0.911. The number of carbonyl (C=O) groups is 1. The number of hydrogen-bond donors (Lipinski definition) is 0. The highest BCUT2D eigenvalue weighted by molar-refractivity contribution is 6.23. The van der Waals surface area contributed by atoms with Crippen LogP contribution in [0.4, 0.5) is 10.1 Å². The van der Waals surface area contributed by atoms with Crippen LogP contribution in [-0.4, -0.2) is 57.2 Å². The van der Waals surface area contributed by atoms with Crippen molar-refractivity contribution in [3.63, 3.8) is 0 Å². The molecule has 1 aromatic rings. The van der Waals surface area contributed by atoms with Crippen LogP contribution >= 0.6 is 0 Å². The lowest BCUT2D eigenvalue weighted by molar-refractivity contribution is -0.386. The van der Waals surface area contributed by atoms with Crippen LogP contribution in [0.1, 0.15) is 18.4 Å². The molecule has 1 radical (unpaired) electrons. The molecule has 0 atom stereocenters. The van der Waals surface area contributed by atoms with E-state index in [0.717, 1.165) is 38.1 Å². The van der Waals surface area contributed by atoms with E-state index in [0.29, 0.717) is 12.1 Å². The Hall–Kier alpha value is -2.46. The normalized spacial score (nSPS) is 16.3. The maximum atomic E-state index is 14.3. The molecule has 1 aromatic carbocycles. The molecule has 1 aliphatic rings. The van der Waals surface area contributed by atoms with Crippen molar-refractivity contribution in [2.24, 2.45) is 0 Å². The SMILES string of the molecule is CO[B]N1CCCC(=Cc2cc(F)c(OCC(=O)OC)c([N+](=O)[O-])c2)C1. The first kappa shape index (κ1) is 19.9. The first-order valence-corrected chi connectivity index (χ1v) is 7.91. The molecule has 0 unspecified atom stereocenters. The van der Waals surface area contributed by atoms with Crippen molar-refractivity contribution in [3.8, 4) is 5.75 Å². The van der Waals surface area contributed by atoms with E-state index in [4.69, 9.17) is 9.39 Å². The molecule has 0 aliphatic carbocycles. The molecule has 0 aromatic heterocycles. The first-order valence-electron chi connectivity index (χ1n) is 7.91. The molecule has 1 fully saturated rings. The van der Waals surface area contributed by atoms with Crippen LogP contribution < -0.4 is 4.74 Å². The van der Waals surface area contributed by atoms with Crippen molar-refractivity contribution in [2.45, 2.75) is 12.8 Å². The number of esters is 1. The van der Waals surface area contributed by atoms with Gasteiger partial charge in [0.15, 0.2) is 12.4 Å². The van der Waals surface area contributed by atoms with Gasteiger partial charge < -0.3 is 18.9 Å². The van der Waals surface area contributed by atoms with Gasteiger partial charge in [0.25, 0.3) is 0 Å². The second-order valence-corrected chi connectivity index (χ2v) is 5.69. The number of benzene rings is 1. The maximum Gasteiger partial charge on any atom is 0.398 e. The monoisotopic (exact) mass is 365 g/mol. The summed E-state index contributed by atoms with van der Waals surface area (Å²) in [5, 5.41) is 11.3. The topological polar surface area (TPSA) is 91.1 Å². The molecule has 0 spiro atoms. The fourth-order valence-electron chi connectivity index (χ4n) is 2.67. The lowest BCUT2D eigenvalue weighted by atomic mass is 9.97. The number of piperidine rings is 1. The number of nitrogens with zero attached hydrogens (tertiary/aromatic N) is 2. The molecule has 10 heteroatoms. The minimum absolute atomic E-state index is 0.355. The van der Waals surface area contributed by atoms with E-state index in [-0.39, 0.29) is 0 Å². The van der Waals surface area contributed by atoms with E-state index in [1.165, 1.54) is 6.07 Å². The zero-order chi connectivity index (χ0) is 19.1. The van der Waals surface area contributed by atoms with E-state index in [1.807, 2.05) is 4.81 Å². The zero-order valence-electron chi connectivity index (χ0n) is 14.6. The van der Waals surface area contributed by atoms with Gasteiger partial charge >= 0.3 is 19.3 Å². The number of ether oxygens (including phenoxy) is 2. The third-order valence-electron chi connectivity index (χ3n) is 3.78. The predicted octanol–water partition coefficient (Wildman–Crippen LogP) is 1.95. The molecule has 1 aliphatic heterocycles. The predicted molar refractivity (Wildman–Crippen MR) is 92.1 cm³/mol. The van der Waals surface area contributed by atoms with Gasteiger partial charge in [0.1, 0.15) is 0 Å². The number of nitro benzene ring substituents is 1. The number of hydrogen-bond acceptors (Lipinski definition) is 7. The van der Waals surface area contributed by atoms with E-state index >= 15 is 0 Å². The fourth-order valence-corrected chi connectivity index (χ4v) is 2.67. The Morgan fingerprint density at radius 1 is 1.46 bits per heavy atom. The molecular weight excluding hydrogens is 346 g/mol. The Kier molecular flexibility index (Phi) is 7.11. The average Bonchev–Trinajstić information content (AvgIpc) is 2.60. The molecule has 1 heterocycles. The van der Waals surface area contributed by atoms with Crippen molar-refractivity contribution in [3.05, 3.63) is 39.2 Å². The molecule has 2 rings (SSSR count). The third-order valence-corrected chi connectivity index (χ3v) is 3.78. The zero-order valence-corrected chi connectivity index (χ0v) is 14.6. The average molecular weight is 365 g/mol. The molecule has 0 saturated carbocycles. The lowest BCUT2D eigenvalue weighted by Gasteiger charge is -2.26. The molecule has 139 valence electrons. The van der Waals surface area contributed by atoms with Crippen molar-refractivity contribution in [1.82, 2.24) is 4.81 Å². The molecule has 0 N–H and O–H groups in total. The maximum absolute atomic E-state index is 14.3. The molecule has 1 saturated heterocycles. The number of carbonyl (C=O) groups excluding carboxylic acids is 1. The molecule has 0 bridgehead atoms. The quantitative estimate of drug-likeness (QED) is 0.316. The molecule has 0 amide bonds. The van der Waals surface area contributed by atoms with Crippen molar-refractivity contribution in [1.29, 1.82) is 0 Å². The summed E-state index contributed by atoms with van der Waals surface area (Å²) < 4.78 is 28.6. The van der Waals surface area contributed by atoms with Gasteiger partial charge in [-0.25, -0.2) is 9.18 Å². The number of nitro groups is 1. The van der Waals surface area contributed by atoms with Crippen molar-refractivity contribution in [2.75, 3.05) is 33.9 Å². The Morgan fingerprint density at radius 3 is 2.88 bits per heavy atom. The van der Waals surface area contributed by atoms with Crippen molar-refractivity contribution >= 4 is 25.3 Å². The van der Waals surface area contributed by atoms with E-state index < -0.39 is 34.8 Å². The van der Waals surface area contributed by atoms with Crippen LogP contribution in [-0.2, 0) is 14.2 Å².